The van der Waals surface area contributed by atoms with E-state index in [4.69, 9.17) is 5.73 Å². The normalized spacial score (nSPS) is 10.5. The third kappa shape index (κ3) is 1.95. The number of rotatable bonds is 3. The van der Waals surface area contributed by atoms with Crippen LogP contribution >= 0.6 is 0 Å². The molecule has 2 aromatic rings. The Hall–Kier alpha value is -2.42. The molecule has 0 saturated heterocycles. The molecule has 1 aromatic heterocycles. The quantitative estimate of drug-likeness (QED) is 0.602. The molecule has 17 heavy (non-hydrogen) atoms. The Morgan fingerprint density at radius 3 is 2.88 bits per heavy atom. The van der Waals surface area contributed by atoms with Crippen molar-refractivity contribution in [3.8, 4) is 5.69 Å². The minimum atomic E-state index is -0.791. The standard InChI is InChI=1S/C8H7FN6O2/c9-6-3-5(15(16)17)1-2-7(6)14-8(4-10)11-12-13-14/h1-3H,4,10H2. The minimum absolute atomic E-state index is 0.0149. The molecule has 0 spiro atoms. The summed E-state index contributed by atoms with van der Waals surface area (Å²) in [6.45, 7) is 0.0312. The van der Waals surface area contributed by atoms with Gasteiger partial charge in [-0.3, -0.25) is 10.1 Å². The molecule has 2 N–H and O–H groups in total. The van der Waals surface area contributed by atoms with E-state index in [1.807, 2.05) is 0 Å². The number of benzene rings is 1. The van der Waals surface area contributed by atoms with Crippen molar-refractivity contribution in [3.63, 3.8) is 0 Å². The van der Waals surface area contributed by atoms with Gasteiger partial charge in [0.2, 0.25) is 0 Å². The van der Waals surface area contributed by atoms with E-state index in [1.54, 1.807) is 0 Å². The largest absolute Gasteiger partial charge is 0.324 e. The molecule has 0 aliphatic rings. The number of nitro benzene ring substituents is 1. The molecule has 0 bridgehead atoms. The molecule has 88 valence electrons. The van der Waals surface area contributed by atoms with Gasteiger partial charge in [-0.2, -0.15) is 4.68 Å². The Morgan fingerprint density at radius 2 is 2.29 bits per heavy atom. The Balaban J connectivity index is 2.50. The van der Waals surface area contributed by atoms with Crippen LogP contribution in [0.2, 0.25) is 0 Å². The van der Waals surface area contributed by atoms with Crippen molar-refractivity contribution in [2.75, 3.05) is 0 Å². The molecule has 0 atom stereocenters. The SMILES string of the molecule is NCc1nnnn1-c1ccc([N+](=O)[O-])cc1F. The van der Waals surface area contributed by atoms with Crippen molar-refractivity contribution < 1.29 is 9.31 Å². The van der Waals surface area contributed by atoms with Gasteiger partial charge in [-0.1, -0.05) is 0 Å². The summed E-state index contributed by atoms with van der Waals surface area (Å²) in [6.07, 6.45) is 0. The summed E-state index contributed by atoms with van der Waals surface area (Å²) in [4.78, 5) is 9.76. The molecule has 0 unspecified atom stereocenters. The van der Waals surface area contributed by atoms with Gasteiger partial charge in [0, 0.05) is 6.07 Å². The lowest BCUT2D eigenvalue weighted by atomic mass is 10.2. The van der Waals surface area contributed by atoms with E-state index in [2.05, 4.69) is 15.5 Å². The molecule has 0 saturated carbocycles. The highest BCUT2D eigenvalue weighted by atomic mass is 19.1. The smallest absolute Gasteiger partial charge is 0.272 e. The Labute approximate surface area is 94.0 Å². The summed E-state index contributed by atoms with van der Waals surface area (Å²) >= 11 is 0. The molecule has 9 heteroatoms. The molecule has 0 aliphatic carbocycles. The lowest BCUT2D eigenvalue weighted by Gasteiger charge is -2.03. The molecular weight excluding hydrogens is 231 g/mol. The highest BCUT2D eigenvalue weighted by Crippen LogP contribution is 2.19. The first kappa shape index (κ1) is 11.1. The summed E-state index contributed by atoms with van der Waals surface area (Å²) in [5.74, 6) is -0.529. The van der Waals surface area contributed by atoms with Gasteiger partial charge in [-0.15, -0.1) is 5.10 Å². The van der Waals surface area contributed by atoms with Crippen LogP contribution in [0.15, 0.2) is 18.2 Å². The van der Waals surface area contributed by atoms with Crippen molar-refractivity contribution in [2.45, 2.75) is 6.54 Å². The van der Waals surface area contributed by atoms with E-state index in [-0.39, 0.29) is 23.7 Å². The van der Waals surface area contributed by atoms with Crippen LogP contribution < -0.4 is 5.73 Å². The summed E-state index contributed by atoms with van der Waals surface area (Å²) in [5, 5.41) is 20.9. The number of nitrogens with zero attached hydrogens (tertiary/aromatic N) is 5. The highest BCUT2D eigenvalue weighted by molar-refractivity contribution is 5.42. The maximum atomic E-state index is 13.6. The molecule has 1 heterocycles. The zero-order chi connectivity index (χ0) is 12.4. The van der Waals surface area contributed by atoms with E-state index in [9.17, 15) is 14.5 Å². The second-order valence-electron chi connectivity index (χ2n) is 3.10. The average molecular weight is 238 g/mol. The van der Waals surface area contributed by atoms with Gasteiger partial charge < -0.3 is 5.73 Å². The van der Waals surface area contributed by atoms with E-state index < -0.39 is 10.7 Å². The fourth-order valence-corrected chi connectivity index (χ4v) is 1.30. The molecular formula is C8H7FN6O2. The Bertz CT molecular complexity index is 569. The number of halogens is 1. The van der Waals surface area contributed by atoms with Crippen LogP contribution in [-0.2, 0) is 6.54 Å². The lowest BCUT2D eigenvalue weighted by Crippen LogP contribution is -2.09. The van der Waals surface area contributed by atoms with Gasteiger partial charge in [0.05, 0.1) is 17.5 Å². The highest BCUT2D eigenvalue weighted by Gasteiger charge is 2.15. The number of nitro groups is 1. The van der Waals surface area contributed by atoms with Crippen LogP contribution in [-0.4, -0.2) is 25.1 Å². The molecule has 1 aromatic carbocycles. The summed E-state index contributed by atoms with van der Waals surface area (Å²) in [7, 11) is 0. The predicted molar refractivity (Wildman–Crippen MR) is 53.7 cm³/mol. The fourth-order valence-electron chi connectivity index (χ4n) is 1.30. The van der Waals surface area contributed by atoms with Crippen molar-refractivity contribution in [1.82, 2.24) is 20.2 Å². The topological polar surface area (TPSA) is 113 Å². The molecule has 0 aliphatic heterocycles. The third-order valence-corrected chi connectivity index (χ3v) is 2.09. The van der Waals surface area contributed by atoms with Gasteiger partial charge in [0.25, 0.3) is 5.69 Å². The van der Waals surface area contributed by atoms with Crippen LogP contribution in [0.3, 0.4) is 0 Å². The maximum absolute atomic E-state index is 13.6. The third-order valence-electron chi connectivity index (χ3n) is 2.09. The van der Waals surface area contributed by atoms with Crippen LogP contribution in [0.25, 0.3) is 5.69 Å². The van der Waals surface area contributed by atoms with E-state index in [0.29, 0.717) is 0 Å². The molecule has 2 rings (SSSR count). The predicted octanol–water partition coefficient (Wildman–Crippen LogP) is 0.168. The van der Waals surface area contributed by atoms with Crippen molar-refractivity contribution in [1.29, 1.82) is 0 Å². The maximum Gasteiger partial charge on any atom is 0.272 e. The lowest BCUT2D eigenvalue weighted by molar-refractivity contribution is -0.385. The van der Waals surface area contributed by atoms with Gasteiger partial charge in [0.15, 0.2) is 11.6 Å². The Morgan fingerprint density at radius 1 is 1.53 bits per heavy atom. The number of hydrogen-bond donors (Lipinski definition) is 1. The number of non-ortho nitro benzene ring substituents is 1. The van der Waals surface area contributed by atoms with Gasteiger partial charge in [0.1, 0.15) is 5.69 Å². The summed E-state index contributed by atoms with van der Waals surface area (Å²) in [5.41, 5.74) is 5.04. The van der Waals surface area contributed by atoms with E-state index in [0.717, 1.165) is 10.7 Å². The molecule has 8 nitrogen and oxygen atoms in total. The van der Waals surface area contributed by atoms with Crippen LogP contribution in [0.5, 0.6) is 0 Å². The van der Waals surface area contributed by atoms with Crippen molar-refractivity contribution in [2.24, 2.45) is 5.73 Å². The first-order valence-corrected chi connectivity index (χ1v) is 4.55. The zero-order valence-electron chi connectivity index (χ0n) is 8.45. The molecule has 0 amide bonds. The first-order valence-electron chi connectivity index (χ1n) is 4.55. The van der Waals surface area contributed by atoms with Gasteiger partial charge in [-0.05, 0) is 16.5 Å². The van der Waals surface area contributed by atoms with Crippen molar-refractivity contribution in [3.05, 3.63) is 40.0 Å². The zero-order valence-corrected chi connectivity index (χ0v) is 8.45. The summed E-state index contributed by atoms with van der Waals surface area (Å²) in [6, 6.07) is 3.20. The van der Waals surface area contributed by atoms with Gasteiger partial charge in [-0.25, -0.2) is 4.39 Å². The molecule has 0 fully saturated rings. The second kappa shape index (κ2) is 4.22. The molecule has 0 radical (unpaired) electrons. The van der Waals surface area contributed by atoms with Crippen LogP contribution in [0.4, 0.5) is 10.1 Å². The van der Waals surface area contributed by atoms with E-state index in [1.165, 1.54) is 12.1 Å². The number of tetrazole rings is 1. The second-order valence-corrected chi connectivity index (χ2v) is 3.10. The number of nitrogens with two attached hydrogens (primary N) is 1. The van der Waals surface area contributed by atoms with Gasteiger partial charge >= 0.3 is 0 Å². The first-order chi connectivity index (χ1) is 8.13. The van der Waals surface area contributed by atoms with Crippen molar-refractivity contribution >= 4 is 5.69 Å². The van der Waals surface area contributed by atoms with E-state index >= 15 is 0 Å². The minimum Gasteiger partial charge on any atom is -0.324 e. The number of aromatic nitrogens is 4. The van der Waals surface area contributed by atoms with Crippen LogP contribution in [0.1, 0.15) is 5.82 Å². The fraction of sp³-hybridized carbons (Fsp3) is 0.125. The van der Waals surface area contributed by atoms with Crippen LogP contribution in [0, 0.1) is 15.9 Å². The number of hydrogen-bond acceptors (Lipinski definition) is 6. The summed E-state index contributed by atoms with van der Waals surface area (Å²) < 4.78 is 14.7. The Kier molecular flexibility index (Phi) is 2.75. The monoisotopic (exact) mass is 238 g/mol. The average Bonchev–Trinajstić information content (AvgIpc) is 2.76.